The number of benzene rings is 1. The number of carboxylic acids is 2. The van der Waals surface area contributed by atoms with Crippen molar-refractivity contribution in [1.29, 1.82) is 0 Å². The van der Waals surface area contributed by atoms with E-state index in [1.165, 1.54) is 0 Å². The molecule has 0 saturated heterocycles. The van der Waals surface area contributed by atoms with Crippen molar-refractivity contribution in [2.24, 2.45) is 0 Å². The van der Waals surface area contributed by atoms with Crippen LogP contribution >= 0.6 is 0 Å². The van der Waals surface area contributed by atoms with Crippen LogP contribution in [0.25, 0.3) is 0 Å². The fraction of sp³-hybridized carbons (Fsp3) is 0.231. The van der Waals surface area contributed by atoms with Gasteiger partial charge in [0, 0.05) is 0 Å². The van der Waals surface area contributed by atoms with Crippen LogP contribution in [0.5, 0.6) is 0 Å². The molecule has 1 aromatic carbocycles. The number of aliphatic carboxylic acids is 2. The largest absolute Gasteiger partial charge is 0.481 e. The molecule has 8 heteroatoms. The highest BCUT2D eigenvalue weighted by molar-refractivity contribution is 6.32. The predicted molar refractivity (Wildman–Crippen MR) is 68.1 cm³/mol. The minimum Gasteiger partial charge on any atom is -0.481 e. The third-order valence-corrected chi connectivity index (χ3v) is 2.38. The summed E-state index contributed by atoms with van der Waals surface area (Å²) in [7, 11) is 0. The number of hydrogen-bond acceptors (Lipinski definition) is 5. The summed E-state index contributed by atoms with van der Waals surface area (Å²) in [5.74, 6) is -5.56. The van der Waals surface area contributed by atoms with Gasteiger partial charge in [0.15, 0.2) is 0 Å². The average Bonchev–Trinajstić information content (AvgIpc) is 2.44. The van der Waals surface area contributed by atoms with Gasteiger partial charge in [-0.05, 0) is 5.56 Å². The van der Waals surface area contributed by atoms with Crippen molar-refractivity contribution in [1.82, 2.24) is 5.32 Å². The van der Waals surface area contributed by atoms with Crippen molar-refractivity contribution >= 4 is 23.8 Å². The number of rotatable bonds is 6. The smallest absolute Gasteiger partial charge is 0.397 e. The van der Waals surface area contributed by atoms with E-state index in [9.17, 15) is 19.2 Å². The van der Waals surface area contributed by atoms with Crippen LogP contribution in [0.1, 0.15) is 12.0 Å². The lowest BCUT2D eigenvalue weighted by molar-refractivity contribution is -0.157. The zero-order valence-electron chi connectivity index (χ0n) is 10.8. The van der Waals surface area contributed by atoms with Crippen LogP contribution < -0.4 is 5.32 Å². The molecule has 0 radical (unpaired) electrons. The summed E-state index contributed by atoms with van der Waals surface area (Å²) in [6.45, 7) is -0.149. The number of carbonyl (C=O) groups is 4. The van der Waals surface area contributed by atoms with E-state index < -0.39 is 36.3 Å². The second-order valence-electron chi connectivity index (χ2n) is 4.02. The summed E-state index contributed by atoms with van der Waals surface area (Å²) in [5, 5.41) is 19.0. The first kappa shape index (κ1) is 16.2. The van der Waals surface area contributed by atoms with Crippen molar-refractivity contribution in [3.63, 3.8) is 0 Å². The lowest BCUT2D eigenvalue weighted by Crippen LogP contribution is -2.45. The van der Waals surface area contributed by atoms with Gasteiger partial charge in [-0.15, -0.1) is 0 Å². The van der Waals surface area contributed by atoms with E-state index in [1.807, 2.05) is 0 Å². The molecule has 0 spiro atoms. The number of ether oxygens (including phenoxy) is 1. The monoisotopic (exact) mass is 295 g/mol. The highest BCUT2D eigenvalue weighted by Gasteiger charge is 2.26. The molecule has 0 aliphatic rings. The summed E-state index contributed by atoms with van der Waals surface area (Å²) in [6, 6.07) is 6.86. The van der Waals surface area contributed by atoms with E-state index in [0.29, 0.717) is 5.56 Å². The van der Waals surface area contributed by atoms with Gasteiger partial charge in [-0.2, -0.15) is 0 Å². The summed E-state index contributed by atoms with van der Waals surface area (Å²) in [6.07, 6.45) is -0.840. The molecule has 1 amide bonds. The van der Waals surface area contributed by atoms with E-state index in [2.05, 4.69) is 4.74 Å². The Hall–Kier alpha value is -2.90. The number of carbonyl (C=O) groups excluding carboxylic acids is 2. The first-order valence-electron chi connectivity index (χ1n) is 5.86. The number of esters is 1. The molecule has 1 rings (SSSR count). The third kappa shape index (κ3) is 5.72. The van der Waals surface area contributed by atoms with E-state index >= 15 is 0 Å². The van der Waals surface area contributed by atoms with Crippen LogP contribution in [0.4, 0.5) is 0 Å². The summed E-state index contributed by atoms with van der Waals surface area (Å²) < 4.78 is 4.68. The van der Waals surface area contributed by atoms with Gasteiger partial charge >= 0.3 is 23.8 Å². The Morgan fingerprint density at radius 2 is 1.71 bits per heavy atom. The standard InChI is InChI=1S/C13H13NO7/c15-10(16)6-9(12(18)19)14-11(17)13(20)21-7-8-4-2-1-3-5-8/h1-5,9H,6-7H2,(H,14,17)(H,15,16)(H,18,19). The summed E-state index contributed by atoms with van der Waals surface area (Å²) in [4.78, 5) is 44.0. The van der Waals surface area contributed by atoms with Crippen molar-refractivity contribution in [3.05, 3.63) is 35.9 Å². The molecule has 0 saturated carbocycles. The van der Waals surface area contributed by atoms with Gasteiger partial charge in [-0.1, -0.05) is 30.3 Å². The Balaban J connectivity index is 2.51. The van der Waals surface area contributed by atoms with Crippen LogP contribution in [0.3, 0.4) is 0 Å². The van der Waals surface area contributed by atoms with Gasteiger partial charge in [-0.3, -0.25) is 9.59 Å². The van der Waals surface area contributed by atoms with E-state index in [1.54, 1.807) is 35.6 Å². The quantitative estimate of drug-likeness (QED) is 0.488. The van der Waals surface area contributed by atoms with E-state index in [0.717, 1.165) is 0 Å². The van der Waals surface area contributed by atoms with Crippen LogP contribution in [-0.4, -0.2) is 40.1 Å². The summed E-state index contributed by atoms with van der Waals surface area (Å²) in [5.41, 5.74) is 0.652. The molecule has 0 bridgehead atoms. The normalized spacial score (nSPS) is 11.2. The van der Waals surface area contributed by atoms with Crippen LogP contribution in [-0.2, 0) is 30.5 Å². The molecule has 0 aliphatic carbocycles. The third-order valence-electron chi connectivity index (χ3n) is 2.38. The van der Waals surface area contributed by atoms with Gasteiger partial charge in [-0.25, -0.2) is 9.59 Å². The molecular formula is C13H13NO7. The van der Waals surface area contributed by atoms with Crippen molar-refractivity contribution in [2.45, 2.75) is 19.1 Å². The Bertz CT molecular complexity index is 541. The molecule has 3 N–H and O–H groups in total. The maximum atomic E-state index is 11.4. The zero-order valence-corrected chi connectivity index (χ0v) is 10.8. The molecule has 8 nitrogen and oxygen atoms in total. The average molecular weight is 295 g/mol. The van der Waals surface area contributed by atoms with E-state index in [-0.39, 0.29) is 6.61 Å². The Morgan fingerprint density at radius 3 is 2.24 bits per heavy atom. The lowest BCUT2D eigenvalue weighted by Gasteiger charge is -2.11. The minimum atomic E-state index is -1.70. The second-order valence-corrected chi connectivity index (χ2v) is 4.02. The van der Waals surface area contributed by atoms with Crippen molar-refractivity contribution < 1.29 is 34.1 Å². The minimum absolute atomic E-state index is 0.149. The first-order valence-corrected chi connectivity index (χ1v) is 5.86. The van der Waals surface area contributed by atoms with Crippen molar-refractivity contribution in [3.8, 4) is 0 Å². The zero-order chi connectivity index (χ0) is 15.8. The molecule has 1 unspecified atom stereocenters. The maximum absolute atomic E-state index is 11.4. The Morgan fingerprint density at radius 1 is 1.10 bits per heavy atom. The Labute approximate surface area is 119 Å². The highest BCUT2D eigenvalue weighted by Crippen LogP contribution is 2.01. The summed E-state index contributed by atoms with van der Waals surface area (Å²) >= 11 is 0. The van der Waals surface area contributed by atoms with Crippen molar-refractivity contribution in [2.75, 3.05) is 0 Å². The molecule has 21 heavy (non-hydrogen) atoms. The number of amides is 1. The van der Waals surface area contributed by atoms with E-state index in [4.69, 9.17) is 10.2 Å². The number of hydrogen-bond donors (Lipinski definition) is 3. The van der Waals surface area contributed by atoms with Crippen LogP contribution in [0.2, 0.25) is 0 Å². The molecule has 1 atom stereocenters. The molecule has 112 valence electrons. The fourth-order valence-electron chi connectivity index (χ4n) is 1.38. The molecule has 0 aliphatic heterocycles. The molecule has 0 aromatic heterocycles. The molecular weight excluding hydrogens is 282 g/mol. The molecule has 0 heterocycles. The second kappa shape index (κ2) is 7.63. The SMILES string of the molecule is O=C(O)CC(NC(=O)C(=O)OCc1ccccc1)C(=O)O. The Kier molecular flexibility index (Phi) is 5.87. The highest BCUT2D eigenvalue weighted by atomic mass is 16.5. The first-order chi connectivity index (χ1) is 9.90. The number of nitrogens with one attached hydrogen (secondary N) is 1. The topological polar surface area (TPSA) is 130 Å². The van der Waals surface area contributed by atoms with Crippen LogP contribution in [0, 0.1) is 0 Å². The van der Waals surface area contributed by atoms with Gasteiger partial charge in [0.1, 0.15) is 12.6 Å². The van der Waals surface area contributed by atoms with Gasteiger partial charge < -0.3 is 20.3 Å². The fourth-order valence-corrected chi connectivity index (χ4v) is 1.38. The predicted octanol–water partition coefficient (Wildman–Crippen LogP) is -0.226. The molecule has 1 aromatic rings. The number of carboxylic acid groups (broad SMARTS) is 2. The van der Waals surface area contributed by atoms with Gasteiger partial charge in [0.2, 0.25) is 0 Å². The van der Waals surface area contributed by atoms with Gasteiger partial charge in [0.25, 0.3) is 0 Å². The molecule has 0 fully saturated rings. The lowest BCUT2D eigenvalue weighted by atomic mass is 10.2. The van der Waals surface area contributed by atoms with Gasteiger partial charge in [0.05, 0.1) is 6.42 Å². The maximum Gasteiger partial charge on any atom is 0.397 e. The van der Waals surface area contributed by atoms with Crippen LogP contribution in [0.15, 0.2) is 30.3 Å².